The maximum absolute atomic E-state index is 13.1. The van der Waals surface area contributed by atoms with Crippen LogP contribution in [0.25, 0.3) is 0 Å². The van der Waals surface area contributed by atoms with E-state index >= 15 is 0 Å². The molecular formula is C20H18BrN3O4. The molecule has 1 atom stereocenters. The van der Waals surface area contributed by atoms with Crippen molar-refractivity contribution in [1.29, 1.82) is 0 Å². The van der Waals surface area contributed by atoms with Crippen LogP contribution in [0.5, 0.6) is 5.75 Å². The SMILES string of the molecule is COc1ccc2c(c1)C(=O)N(CC1(c3ccc(Br)cc3)NC(=O)N(C)C1=O)C2. The topological polar surface area (TPSA) is 79.0 Å². The molecule has 1 fully saturated rings. The van der Waals surface area contributed by atoms with E-state index in [1.807, 2.05) is 6.07 Å². The number of ether oxygens (including phenoxy) is 1. The van der Waals surface area contributed by atoms with Gasteiger partial charge in [-0.05, 0) is 35.4 Å². The van der Waals surface area contributed by atoms with E-state index in [0.29, 0.717) is 23.4 Å². The van der Waals surface area contributed by atoms with E-state index in [0.717, 1.165) is 14.9 Å². The number of urea groups is 1. The lowest BCUT2D eigenvalue weighted by atomic mass is 9.89. The summed E-state index contributed by atoms with van der Waals surface area (Å²) >= 11 is 3.38. The Morgan fingerprint density at radius 2 is 1.86 bits per heavy atom. The number of carbonyl (C=O) groups is 3. The Labute approximate surface area is 170 Å². The molecule has 2 heterocycles. The van der Waals surface area contributed by atoms with Gasteiger partial charge >= 0.3 is 6.03 Å². The fourth-order valence-corrected chi connectivity index (χ4v) is 3.97. The Morgan fingerprint density at radius 3 is 2.46 bits per heavy atom. The molecule has 1 N–H and O–H groups in total. The van der Waals surface area contributed by atoms with E-state index in [1.54, 1.807) is 48.4 Å². The first-order chi connectivity index (χ1) is 13.4. The fraction of sp³-hybridized carbons (Fsp3) is 0.250. The number of imide groups is 1. The summed E-state index contributed by atoms with van der Waals surface area (Å²) in [7, 11) is 2.98. The third-order valence-corrected chi connectivity index (χ3v) is 5.78. The fourth-order valence-electron chi connectivity index (χ4n) is 3.71. The van der Waals surface area contributed by atoms with Gasteiger partial charge in [0.1, 0.15) is 5.75 Å². The van der Waals surface area contributed by atoms with Crippen LogP contribution in [-0.2, 0) is 16.9 Å². The highest BCUT2D eigenvalue weighted by Crippen LogP contribution is 2.34. The minimum atomic E-state index is -1.33. The lowest BCUT2D eigenvalue weighted by Gasteiger charge is -2.31. The van der Waals surface area contributed by atoms with Crippen molar-refractivity contribution < 1.29 is 19.1 Å². The van der Waals surface area contributed by atoms with E-state index in [-0.39, 0.29) is 18.4 Å². The molecule has 4 amide bonds. The Kier molecular flexibility index (Phi) is 4.38. The molecule has 144 valence electrons. The molecule has 0 spiro atoms. The van der Waals surface area contributed by atoms with Gasteiger partial charge in [-0.3, -0.25) is 14.5 Å². The lowest BCUT2D eigenvalue weighted by molar-refractivity contribution is -0.131. The lowest BCUT2D eigenvalue weighted by Crippen LogP contribution is -2.52. The molecule has 28 heavy (non-hydrogen) atoms. The maximum Gasteiger partial charge on any atom is 0.325 e. The number of benzene rings is 2. The summed E-state index contributed by atoms with van der Waals surface area (Å²) in [6.07, 6.45) is 0. The number of hydrogen-bond acceptors (Lipinski definition) is 4. The maximum atomic E-state index is 13.1. The van der Waals surface area contributed by atoms with Crippen LogP contribution in [0, 0.1) is 0 Å². The van der Waals surface area contributed by atoms with Gasteiger partial charge in [0.15, 0.2) is 5.54 Å². The summed E-state index contributed by atoms with van der Waals surface area (Å²) in [5, 5.41) is 2.80. The highest BCUT2D eigenvalue weighted by Gasteiger charge is 2.53. The molecule has 0 aromatic heterocycles. The molecular weight excluding hydrogens is 426 g/mol. The van der Waals surface area contributed by atoms with E-state index in [9.17, 15) is 14.4 Å². The summed E-state index contributed by atoms with van der Waals surface area (Å²) in [5.41, 5.74) is 0.714. The molecule has 0 bridgehead atoms. The average molecular weight is 444 g/mol. The third kappa shape index (κ3) is 2.75. The third-order valence-electron chi connectivity index (χ3n) is 5.26. The van der Waals surface area contributed by atoms with Gasteiger partial charge in [-0.15, -0.1) is 0 Å². The number of rotatable bonds is 4. The monoisotopic (exact) mass is 443 g/mol. The van der Waals surface area contributed by atoms with Crippen LogP contribution in [-0.4, -0.2) is 48.3 Å². The van der Waals surface area contributed by atoms with E-state index in [1.165, 1.54) is 7.05 Å². The second kappa shape index (κ2) is 6.63. The number of methoxy groups -OCH3 is 1. The molecule has 0 radical (unpaired) electrons. The van der Waals surface area contributed by atoms with Gasteiger partial charge in [-0.1, -0.05) is 34.1 Å². The number of fused-ring (bicyclic) bond motifs is 1. The van der Waals surface area contributed by atoms with Gasteiger partial charge in [-0.2, -0.15) is 0 Å². The molecule has 4 rings (SSSR count). The van der Waals surface area contributed by atoms with Gasteiger partial charge in [0, 0.05) is 23.6 Å². The summed E-state index contributed by atoms with van der Waals surface area (Å²) in [4.78, 5) is 40.9. The molecule has 2 aliphatic heterocycles. The summed E-state index contributed by atoms with van der Waals surface area (Å²) in [6.45, 7) is 0.405. The molecule has 2 aliphatic rings. The van der Waals surface area contributed by atoms with Crippen LogP contribution in [0.15, 0.2) is 46.9 Å². The number of carbonyl (C=O) groups excluding carboxylic acids is 3. The van der Waals surface area contributed by atoms with Crippen molar-refractivity contribution in [2.75, 3.05) is 20.7 Å². The number of likely N-dealkylation sites (N-methyl/N-ethyl adjacent to an activating group) is 1. The van der Waals surface area contributed by atoms with Crippen molar-refractivity contribution in [1.82, 2.24) is 15.1 Å². The molecule has 8 heteroatoms. The Balaban J connectivity index is 1.72. The Hall–Kier alpha value is -2.87. The minimum Gasteiger partial charge on any atom is -0.497 e. The van der Waals surface area contributed by atoms with Gasteiger partial charge in [0.05, 0.1) is 13.7 Å². The zero-order chi connectivity index (χ0) is 20.1. The second-order valence-electron chi connectivity index (χ2n) is 6.89. The minimum absolute atomic E-state index is 0.0410. The zero-order valence-electron chi connectivity index (χ0n) is 15.4. The van der Waals surface area contributed by atoms with Crippen molar-refractivity contribution in [3.8, 4) is 5.75 Å². The van der Waals surface area contributed by atoms with Crippen molar-refractivity contribution in [2.45, 2.75) is 12.1 Å². The summed E-state index contributed by atoms with van der Waals surface area (Å²) in [5.74, 6) is 0.0182. The van der Waals surface area contributed by atoms with Gasteiger partial charge in [0.25, 0.3) is 11.8 Å². The number of amides is 4. The predicted molar refractivity (Wildman–Crippen MR) is 105 cm³/mol. The molecule has 7 nitrogen and oxygen atoms in total. The van der Waals surface area contributed by atoms with Crippen LogP contribution < -0.4 is 10.1 Å². The van der Waals surface area contributed by atoms with E-state index in [4.69, 9.17) is 4.74 Å². The van der Waals surface area contributed by atoms with E-state index < -0.39 is 11.6 Å². The Bertz CT molecular complexity index is 991. The highest BCUT2D eigenvalue weighted by molar-refractivity contribution is 9.10. The molecule has 2 aromatic rings. The van der Waals surface area contributed by atoms with Crippen molar-refractivity contribution in [2.24, 2.45) is 0 Å². The first kappa shape index (κ1) is 18.5. The summed E-state index contributed by atoms with van der Waals surface area (Å²) in [6, 6.07) is 12.0. The van der Waals surface area contributed by atoms with Crippen LogP contribution >= 0.6 is 15.9 Å². The zero-order valence-corrected chi connectivity index (χ0v) is 16.9. The van der Waals surface area contributed by atoms with Gasteiger partial charge < -0.3 is 15.0 Å². The van der Waals surface area contributed by atoms with Crippen LogP contribution in [0.2, 0.25) is 0 Å². The van der Waals surface area contributed by atoms with Crippen LogP contribution in [0.4, 0.5) is 4.79 Å². The Morgan fingerprint density at radius 1 is 1.14 bits per heavy atom. The van der Waals surface area contributed by atoms with Crippen molar-refractivity contribution >= 4 is 33.8 Å². The number of halogens is 1. The standard InChI is InChI=1S/C20H18BrN3O4/c1-23-18(26)20(22-19(23)27,13-4-6-14(21)7-5-13)11-24-10-12-3-8-15(28-2)9-16(12)17(24)25/h3-9H,10-11H2,1-2H3,(H,22,27). The van der Waals surface area contributed by atoms with E-state index in [2.05, 4.69) is 21.2 Å². The second-order valence-corrected chi connectivity index (χ2v) is 7.81. The van der Waals surface area contributed by atoms with Crippen LogP contribution in [0.1, 0.15) is 21.5 Å². The molecule has 0 aliphatic carbocycles. The number of hydrogen-bond donors (Lipinski definition) is 1. The predicted octanol–water partition coefficient (Wildman–Crippen LogP) is 2.49. The smallest absolute Gasteiger partial charge is 0.325 e. The van der Waals surface area contributed by atoms with Gasteiger partial charge in [-0.25, -0.2) is 4.79 Å². The average Bonchev–Trinajstić information content (AvgIpc) is 3.11. The first-order valence-electron chi connectivity index (χ1n) is 8.68. The quantitative estimate of drug-likeness (QED) is 0.736. The highest BCUT2D eigenvalue weighted by atomic mass is 79.9. The largest absolute Gasteiger partial charge is 0.497 e. The molecule has 1 unspecified atom stereocenters. The van der Waals surface area contributed by atoms with Crippen molar-refractivity contribution in [3.63, 3.8) is 0 Å². The van der Waals surface area contributed by atoms with Gasteiger partial charge in [0.2, 0.25) is 0 Å². The van der Waals surface area contributed by atoms with Crippen LogP contribution in [0.3, 0.4) is 0 Å². The number of nitrogens with one attached hydrogen (secondary N) is 1. The summed E-state index contributed by atoms with van der Waals surface area (Å²) < 4.78 is 6.06. The number of nitrogens with zero attached hydrogens (tertiary/aromatic N) is 2. The molecule has 0 saturated carbocycles. The normalized spacial score (nSPS) is 21.2. The first-order valence-corrected chi connectivity index (χ1v) is 9.47. The van der Waals surface area contributed by atoms with Crippen molar-refractivity contribution in [3.05, 3.63) is 63.6 Å². The molecule has 1 saturated heterocycles. The molecule has 2 aromatic carbocycles.